The summed E-state index contributed by atoms with van der Waals surface area (Å²) in [6.07, 6.45) is -0.0471. The normalized spacial score (nSPS) is 11.4. The molecule has 0 spiro atoms. The minimum Gasteiger partial charge on any atom is -0.445 e. The molecule has 2 atom stereocenters. The molecule has 4 aromatic rings. The molecule has 0 aliphatic rings. The number of alkyl carbamates (subject to hydrolysis) is 2. The number of hydrogen-bond acceptors (Lipinski definition) is 7. The quantitative estimate of drug-likeness (QED) is 0.132. The predicted octanol–water partition coefficient (Wildman–Crippen LogP) is 6.31. The van der Waals surface area contributed by atoms with E-state index in [0.717, 1.165) is 33.6 Å². The van der Waals surface area contributed by atoms with Crippen LogP contribution in [0.15, 0.2) is 121 Å². The van der Waals surface area contributed by atoms with Crippen molar-refractivity contribution in [3.05, 3.63) is 144 Å². The lowest BCUT2D eigenvalue weighted by Crippen LogP contribution is -2.34. The van der Waals surface area contributed by atoms with Crippen molar-refractivity contribution >= 4 is 24.4 Å². The van der Waals surface area contributed by atoms with E-state index in [1.807, 2.05) is 121 Å². The Bertz CT molecular complexity index is 1470. The van der Waals surface area contributed by atoms with Gasteiger partial charge in [-0.1, -0.05) is 121 Å². The number of amides is 3. The summed E-state index contributed by atoms with van der Waals surface area (Å²) in [5.41, 5.74) is 3.50. The number of ether oxygens (including phenoxy) is 2. The summed E-state index contributed by atoms with van der Waals surface area (Å²) in [5.74, 6) is -0.250. The molecule has 10 nitrogen and oxygen atoms in total. The van der Waals surface area contributed by atoms with Gasteiger partial charge in [0.25, 0.3) is 0 Å². The van der Waals surface area contributed by atoms with E-state index < -0.39 is 18.2 Å². The van der Waals surface area contributed by atoms with Gasteiger partial charge in [0, 0.05) is 13.5 Å². The summed E-state index contributed by atoms with van der Waals surface area (Å²) in [7, 11) is 2.94. The Kier molecular flexibility index (Phi) is 15.0. The average Bonchev–Trinajstić information content (AvgIpc) is 3.11. The van der Waals surface area contributed by atoms with Gasteiger partial charge in [-0.2, -0.15) is 0 Å². The zero-order valence-corrected chi connectivity index (χ0v) is 25.9. The van der Waals surface area contributed by atoms with E-state index in [-0.39, 0.29) is 38.0 Å². The van der Waals surface area contributed by atoms with E-state index in [4.69, 9.17) is 14.3 Å². The van der Waals surface area contributed by atoms with E-state index in [1.54, 1.807) is 0 Å². The van der Waals surface area contributed by atoms with Crippen LogP contribution < -0.4 is 10.6 Å². The molecule has 2 unspecified atom stereocenters. The maximum Gasteiger partial charge on any atom is 0.407 e. The van der Waals surface area contributed by atoms with Crippen LogP contribution in [0.5, 0.6) is 0 Å². The van der Waals surface area contributed by atoms with Crippen LogP contribution in [0, 0.1) is 0 Å². The second kappa shape index (κ2) is 19.7. The zero-order chi connectivity index (χ0) is 33.0. The second-order valence-electron chi connectivity index (χ2n) is 10.0. The molecular weight excluding hydrogens is 586 g/mol. The minimum atomic E-state index is -0.578. The number of carbonyl (C=O) groups excluding carboxylic acids is 4. The Balaban J connectivity index is 0.000000254. The number of benzene rings is 4. The van der Waals surface area contributed by atoms with Crippen LogP contribution in [0.1, 0.15) is 47.2 Å². The molecule has 2 N–H and O–H groups in total. The van der Waals surface area contributed by atoms with E-state index in [0.29, 0.717) is 0 Å². The number of nitrogens with zero attached hydrogens (tertiary/aromatic N) is 1. The van der Waals surface area contributed by atoms with Gasteiger partial charge in [0.05, 0.1) is 25.6 Å². The Morgan fingerprint density at radius 2 is 1.04 bits per heavy atom. The van der Waals surface area contributed by atoms with Crippen LogP contribution >= 0.6 is 0 Å². The fourth-order valence-corrected chi connectivity index (χ4v) is 4.22. The van der Waals surface area contributed by atoms with Crippen molar-refractivity contribution in [3.8, 4) is 0 Å². The minimum absolute atomic E-state index is 0.0643. The van der Waals surface area contributed by atoms with Crippen molar-refractivity contribution in [1.29, 1.82) is 0 Å². The zero-order valence-electron chi connectivity index (χ0n) is 25.9. The predicted molar refractivity (Wildman–Crippen MR) is 173 cm³/mol. The highest BCUT2D eigenvalue weighted by Crippen LogP contribution is 2.18. The Hall–Kier alpha value is -5.48. The first kappa shape index (κ1) is 35.0. The Morgan fingerprint density at radius 3 is 1.46 bits per heavy atom. The van der Waals surface area contributed by atoms with Crippen LogP contribution in [-0.4, -0.2) is 43.6 Å². The van der Waals surface area contributed by atoms with Crippen molar-refractivity contribution in [2.45, 2.75) is 38.1 Å². The van der Waals surface area contributed by atoms with Crippen LogP contribution in [0.4, 0.5) is 9.59 Å². The van der Waals surface area contributed by atoms with E-state index in [2.05, 4.69) is 10.6 Å². The fraction of sp³-hybridized carbons (Fsp3) is 0.222. The molecule has 0 saturated heterocycles. The third kappa shape index (κ3) is 12.6. The highest BCUT2D eigenvalue weighted by Gasteiger charge is 2.21. The molecule has 4 aromatic carbocycles. The first-order chi connectivity index (χ1) is 22.4. The molecule has 4 rings (SSSR count). The largest absolute Gasteiger partial charge is 0.445 e. The lowest BCUT2D eigenvalue weighted by Gasteiger charge is -2.21. The molecule has 240 valence electrons. The molecule has 0 bridgehead atoms. The summed E-state index contributed by atoms with van der Waals surface area (Å²) >= 11 is 0. The Labute approximate surface area is 269 Å². The van der Waals surface area contributed by atoms with E-state index in [9.17, 15) is 19.2 Å². The summed E-state index contributed by atoms with van der Waals surface area (Å²) in [5, 5.41) is 6.59. The molecule has 0 fully saturated rings. The van der Waals surface area contributed by atoms with Gasteiger partial charge in [0.15, 0.2) is 0 Å². The van der Waals surface area contributed by atoms with Gasteiger partial charge in [-0.25, -0.2) is 14.7 Å². The third-order valence-electron chi connectivity index (χ3n) is 6.75. The lowest BCUT2D eigenvalue weighted by molar-refractivity contribution is -0.169. The Morgan fingerprint density at radius 1 is 0.652 bits per heavy atom. The standard InChI is InChI=1S/C19H22N2O4.C17H17NO3/c1-21(24-2)18(22)13-17(16-11-7-4-8-12-16)20-19(23)25-14-15-9-5-3-6-10-15;19-12-11-16(15-9-5-2-6-10-15)18-17(20)21-13-14-7-3-1-4-8-14/h3-12,17H,13-14H2,1-2H3,(H,20,23);1-10,12,16H,11,13H2,(H,18,20). The summed E-state index contributed by atoms with van der Waals surface area (Å²) in [6.45, 7) is 0.370. The summed E-state index contributed by atoms with van der Waals surface area (Å²) in [4.78, 5) is 51.7. The monoisotopic (exact) mass is 625 g/mol. The first-order valence-corrected chi connectivity index (χ1v) is 14.7. The van der Waals surface area contributed by atoms with Crippen LogP contribution in [0.2, 0.25) is 0 Å². The highest BCUT2D eigenvalue weighted by molar-refractivity contribution is 5.77. The number of rotatable bonds is 13. The van der Waals surface area contributed by atoms with Gasteiger partial charge in [-0.15, -0.1) is 0 Å². The van der Waals surface area contributed by atoms with Crippen molar-refractivity contribution in [2.75, 3.05) is 14.2 Å². The van der Waals surface area contributed by atoms with Crippen molar-refractivity contribution in [1.82, 2.24) is 15.7 Å². The SMILES string of the molecule is CON(C)C(=O)CC(NC(=O)OCc1ccccc1)c1ccccc1.O=CCC(NC(=O)OCc1ccccc1)c1ccccc1. The average molecular weight is 626 g/mol. The third-order valence-corrected chi connectivity index (χ3v) is 6.75. The second-order valence-corrected chi connectivity index (χ2v) is 10.0. The molecule has 10 heteroatoms. The summed E-state index contributed by atoms with van der Waals surface area (Å²) in [6, 6.07) is 36.6. The number of aldehydes is 1. The van der Waals surface area contributed by atoms with Gasteiger partial charge in [0.2, 0.25) is 5.91 Å². The summed E-state index contributed by atoms with van der Waals surface area (Å²) < 4.78 is 10.4. The van der Waals surface area contributed by atoms with Crippen LogP contribution in [0.3, 0.4) is 0 Å². The van der Waals surface area contributed by atoms with Crippen molar-refractivity contribution < 1.29 is 33.5 Å². The fourth-order valence-electron chi connectivity index (χ4n) is 4.22. The van der Waals surface area contributed by atoms with Gasteiger partial charge in [-0.3, -0.25) is 9.63 Å². The molecule has 3 amide bonds. The number of nitrogens with one attached hydrogen (secondary N) is 2. The maximum atomic E-state index is 12.1. The molecule has 0 aliphatic carbocycles. The van der Waals surface area contributed by atoms with Crippen molar-refractivity contribution in [3.63, 3.8) is 0 Å². The first-order valence-electron chi connectivity index (χ1n) is 14.7. The molecule has 46 heavy (non-hydrogen) atoms. The molecule has 0 radical (unpaired) electrons. The molecule has 0 heterocycles. The van der Waals surface area contributed by atoms with E-state index in [1.165, 1.54) is 14.2 Å². The van der Waals surface area contributed by atoms with Gasteiger partial charge in [-0.05, 0) is 22.3 Å². The topological polar surface area (TPSA) is 123 Å². The number of hydrogen-bond donors (Lipinski definition) is 2. The van der Waals surface area contributed by atoms with Gasteiger partial charge in [0.1, 0.15) is 19.5 Å². The smallest absolute Gasteiger partial charge is 0.407 e. The van der Waals surface area contributed by atoms with E-state index >= 15 is 0 Å². The maximum absolute atomic E-state index is 12.1. The number of carbonyl (C=O) groups is 4. The van der Waals surface area contributed by atoms with Gasteiger partial charge < -0.3 is 24.9 Å². The van der Waals surface area contributed by atoms with Crippen molar-refractivity contribution in [2.24, 2.45) is 0 Å². The van der Waals surface area contributed by atoms with Crippen LogP contribution in [0.25, 0.3) is 0 Å². The van der Waals surface area contributed by atoms with Gasteiger partial charge >= 0.3 is 12.2 Å². The molecular formula is C36H39N3O7. The molecule has 0 saturated carbocycles. The molecule has 0 aliphatic heterocycles. The highest BCUT2D eigenvalue weighted by atomic mass is 16.7. The lowest BCUT2D eigenvalue weighted by atomic mass is 10.0. The van der Waals surface area contributed by atoms with Crippen LogP contribution in [-0.2, 0) is 37.1 Å². The molecule has 0 aromatic heterocycles. The number of hydroxylamine groups is 2.